The van der Waals surface area contributed by atoms with Crippen LogP contribution in [0.4, 0.5) is 5.69 Å². The second-order valence-electron chi connectivity index (χ2n) is 5.68. The van der Waals surface area contributed by atoms with Gasteiger partial charge in [-0.1, -0.05) is 11.6 Å². The van der Waals surface area contributed by atoms with E-state index in [-0.39, 0.29) is 17.0 Å². The highest BCUT2D eigenvalue weighted by atomic mass is 35.5. The highest BCUT2D eigenvalue weighted by Crippen LogP contribution is 2.21. The summed E-state index contributed by atoms with van der Waals surface area (Å²) in [5.41, 5.74) is 6.71. The fraction of sp³-hybridized carbons (Fsp3) is 0.125. The zero-order valence-electron chi connectivity index (χ0n) is 14.1. The maximum absolute atomic E-state index is 11.6. The van der Waals surface area contributed by atoms with E-state index in [0.29, 0.717) is 22.2 Å². The van der Waals surface area contributed by atoms with Crippen molar-refractivity contribution in [2.24, 2.45) is 5.73 Å². The summed E-state index contributed by atoms with van der Waals surface area (Å²) in [6.45, 7) is 0.197. The number of amides is 1. The molecule has 3 rings (SSSR count). The van der Waals surface area contributed by atoms with Gasteiger partial charge in [0.2, 0.25) is 0 Å². The number of rotatable bonds is 6. The van der Waals surface area contributed by atoms with Crippen LogP contribution in [0.2, 0.25) is 5.02 Å². The number of benzene rings is 2. The molecule has 2 aromatic carbocycles. The summed E-state index contributed by atoms with van der Waals surface area (Å²) in [6, 6.07) is 10.9. The highest BCUT2D eigenvalue weighted by molar-refractivity contribution is 7.90. The number of hydrogen-bond acceptors (Lipinski definition) is 7. The predicted molar refractivity (Wildman–Crippen MR) is 99.6 cm³/mol. The largest absolute Gasteiger partial charge is 0.377 e. The van der Waals surface area contributed by atoms with E-state index < -0.39 is 15.7 Å². The van der Waals surface area contributed by atoms with Gasteiger partial charge in [-0.05, 0) is 52.9 Å². The third-order valence-corrected chi connectivity index (χ3v) is 5.09. The molecule has 9 nitrogen and oxygen atoms in total. The number of primary amides is 1. The van der Waals surface area contributed by atoms with Crippen molar-refractivity contribution in [1.29, 1.82) is 0 Å². The van der Waals surface area contributed by atoms with Gasteiger partial charge in [0.25, 0.3) is 5.91 Å². The van der Waals surface area contributed by atoms with Crippen LogP contribution in [0, 0.1) is 0 Å². The number of nitrogens with two attached hydrogens (primary N) is 1. The lowest BCUT2D eigenvalue weighted by Crippen LogP contribution is -2.15. The first-order valence-corrected chi connectivity index (χ1v) is 9.93. The molecule has 0 unspecified atom stereocenters. The van der Waals surface area contributed by atoms with Gasteiger partial charge in [-0.3, -0.25) is 4.79 Å². The van der Waals surface area contributed by atoms with Crippen LogP contribution < -0.4 is 11.1 Å². The minimum atomic E-state index is -3.29. The number of nitrogens with one attached hydrogen (secondary N) is 1. The summed E-state index contributed by atoms with van der Waals surface area (Å²) in [4.78, 5) is 11.8. The summed E-state index contributed by atoms with van der Waals surface area (Å²) in [6.07, 6.45) is 1.14. The molecule has 0 bridgehead atoms. The van der Waals surface area contributed by atoms with E-state index in [9.17, 15) is 13.2 Å². The molecule has 3 N–H and O–H groups in total. The minimum absolute atomic E-state index is 0.197. The van der Waals surface area contributed by atoms with Crippen molar-refractivity contribution in [2.45, 2.75) is 11.4 Å². The maximum Gasteiger partial charge on any atom is 0.250 e. The Balaban J connectivity index is 1.84. The third-order valence-electron chi connectivity index (χ3n) is 3.73. The maximum atomic E-state index is 11.6. The summed E-state index contributed by atoms with van der Waals surface area (Å²) >= 11 is 5.90. The monoisotopic (exact) mass is 406 g/mol. The number of nitrogens with zero attached hydrogens (tertiary/aromatic N) is 4. The topological polar surface area (TPSA) is 133 Å². The van der Waals surface area contributed by atoms with Crippen molar-refractivity contribution < 1.29 is 13.2 Å². The van der Waals surface area contributed by atoms with Crippen LogP contribution in [-0.4, -0.2) is 40.8 Å². The highest BCUT2D eigenvalue weighted by Gasteiger charge is 2.13. The molecule has 0 aliphatic carbocycles. The van der Waals surface area contributed by atoms with Crippen molar-refractivity contribution in [3.05, 3.63) is 58.9 Å². The van der Waals surface area contributed by atoms with Gasteiger partial charge in [-0.25, -0.2) is 8.42 Å². The lowest BCUT2D eigenvalue weighted by Gasteiger charge is -2.11. The van der Waals surface area contributed by atoms with E-state index in [1.807, 2.05) is 0 Å². The Kier molecular flexibility index (Phi) is 5.10. The number of carbonyl (C=O) groups excluding carboxylic acids is 1. The third kappa shape index (κ3) is 4.23. The molecule has 0 spiro atoms. The molecule has 1 aromatic heterocycles. The lowest BCUT2D eigenvalue weighted by molar-refractivity contribution is 0.100. The molecule has 0 radical (unpaired) electrons. The molecule has 1 amide bonds. The van der Waals surface area contributed by atoms with Crippen LogP contribution in [-0.2, 0) is 16.4 Å². The SMILES string of the molecule is CS(=O)(=O)c1ccc(-n2nnnc2CNc2ccc(Cl)cc2C(N)=O)cc1. The smallest absolute Gasteiger partial charge is 0.250 e. The molecule has 0 atom stereocenters. The Morgan fingerprint density at radius 2 is 1.93 bits per heavy atom. The molecular formula is C16H15ClN6O3S. The molecular weight excluding hydrogens is 392 g/mol. The number of halogens is 1. The Labute approximate surface area is 160 Å². The van der Waals surface area contributed by atoms with E-state index in [1.165, 1.54) is 22.9 Å². The van der Waals surface area contributed by atoms with E-state index in [0.717, 1.165) is 6.26 Å². The van der Waals surface area contributed by atoms with Gasteiger partial charge in [-0.2, -0.15) is 4.68 Å². The van der Waals surface area contributed by atoms with Crippen molar-refractivity contribution >= 4 is 33.0 Å². The second-order valence-corrected chi connectivity index (χ2v) is 8.13. The normalized spacial score (nSPS) is 11.3. The van der Waals surface area contributed by atoms with E-state index in [4.69, 9.17) is 17.3 Å². The Morgan fingerprint density at radius 1 is 1.22 bits per heavy atom. The summed E-state index contributed by atoms with van der Waals surface area (Å²) in [7, 11) is -3.29. The Morgan fingerprint density at radius 3 is 2.56 bits per heavy atom. The molecule has 27 heavy (non-hydrogen) atoms. The second kappa shape index (κ2) is 7.33. The molecule has 11 heteroatoms. The molecule has 1 heterocycles. The van der Waals surface area contributed by atoms with Crippen LogP contribution in [0.5, 0.6) is 0 Å². The number of aromatic nitrogens is 4. The zero-order valence-corrected chi connectivity index (χ0v) is 15.7. The molecule has 0 aliphatic rings. The van der Waals surface area contributed by atoms with Gasteiger partial charge < -0.3 is 11.1 Å². The molecule has 0 fully saturated rings. The number of sulfone groups is 1. The number of hydrogen-bond donors (Lipinski definition) is 2. The standard InChI is InChI=1S/C16H15ClN6O3S/c1-27(25,26)12-5-3-11(4-6-12)23-15(20-21-22-23)9-19-14-7-2-10(17)8-13(14)16(18)24/h2-8,19H,9H2,1H3,(H2,18,24). The molecule has 0 saturated heterocycles. The molecule has 0 aliphatic heterocycles. The van der Waals surface area contributed by atoms with Gasteiger partial charge in [-0.15, -0.1) is 5.10 Å². The van der Waals surface area contributed by atoms with Gasteiger partial charge in [0, 0.05) is 17.0 Å². The van der Waals surface area contributed by atoms with E-state index in [2.05, 4.69) is 20.8 Å². The van der Waals surface area contributed by atoms with Gasteiger partial charge in [0.15, 0.2) is 15.7 Å². The summed E-state index contributed by atoms with van der Waals surface area (Å²) in [5, 5.41) is 15.0. The van der Waals surface area contributed by atoms with Crippen LogP contribution in [0.15, 0.2) is 47.4 Å². The molecule has 0 saturated carbocycles. The quantitative estimate of drug-likeness (QED) is 0.632. The fourth-order valence-corrected chi connectivity index (χ4v) is 3.20. The van der Waals surface area contributed by atoms with Gasteiger partial charge in [0.05, 0.1) is 22.7 Å². The first-order chi connectivity index (χ1) is 12.8. The average Bonchev–Trinajstić information content (AvgIpc) is 3.08. The van der Waals surface area contributed by atoms with E-state index in [1.54, 1.807) is 24.3 Å². The number of carbonyl (C=O) groups is 1. The first-order valence-electron chi connectivity index (χ1n) is 7.66. The van der Waals surface area contributed by atoms with Crippen molar-refractivity contribution in [1.82, 2.24) is 20.2 Å². The predicted octanol–water partition coefficient (Wildman–Crippen LogP) is 1.43. The number of anilines is 1. The Bertz CT molecular complexity index is 1100. The van der Waals surface area contributed by atoms with Crippen molar-refractivity contribution in [2.75, 3.05) is 11.6 Å². The van der Waals surface area contributed by atoms with E-state index >= 15 is 0 Å². The molecule has 140 valence electrons. The van der Waals surface area contributed by atoms with Crippen molar-refractivity contribution in [3.63, 3.8) is 0 Å². The average molecular weight is 407 g/mol. The van der Waals surface area contributed by atoms with Crippen LogP contribution in [0.25, 0.3) is 5.69 Å². The van der Waals surface area contributed by atoms with Crippen LogP contribution in [0.1, 0.15) is 16.2 Å². The minimum Gasteiger partial charge on any atom is -0.377 e. The van der Waals surface area contributed by atoms with Gasteiger partial charge >= 0.3 is 0 Å². The summed E-state index contributed by atoms with van der Waals surface area (Å²) in [5.74, 6) is -0.163. The van der Waals surface area contributed by atoms with Crippen molar-refractivity contribution in [3.8, 4) is 5.69 Å². The Hall–Kier alpha value is -2.98. The lowest BCUT2D eigenvalue weighted by atomic mass is 10.1. The summed E-state index contributed by atoms with van der Waals surface area (Å²) < 4.78 is 24.6. The van der Waals surface area contributed by atoms with Crippen LogP contribution >= 0.6 is 11.6 Å². The number of tetrazole rings is 1. The first kappa shape index (κ1) is 18.8. The van der Waals surface area contributed by atoms with Crippen LogP contribution in [0.3, 0.4) is 0 Å². The fourth-order valence-electron chi connectivity index (χ4n) is 2.40. The molecule has 3 aromatic rings. The van der Waals surface area contributed by atoms with Gasteiger partial charge in [0.1, 0.15) is 0 Å². The zero-order chi connectivity index (χ0) is 19.6.